The van der Waals surface area contributed by atoms with Gasteiger partial charge in [-0.2, -0.15) is 0 Å². The minimum atomic E-state index is -0.0679. The number of hydrogen-bond donors (Lipinski definition) is 1. The lowest BCUT2D eigenvalue weighted by Gasteiger charge is -2.08. The van der Waals surface area contributed by atoms with Crippen molar-refractivity contribution < 1.29 is 4.74 Å². The van der Waals surface area contributed by atoms with E-state index in [0.717, 1.165) is 10.6 Å². The molecule has 3 aromatic rings. The predicted molar refractivity (Wildman–Crippen MR) is 83.2 cm³/mol. The van der Waals surface area contributed by atoms with Crippen LogP contribution >= 0.6 is 23.6 Å². The Kier molecular flexibility index (Phi) is 3.66. The summed E-state index contributed by atoms with van der Waals surface area (Å²) in [5.74, 6) is 0.784. The number of H-pyrrole nitrogens is 1. The molecule has 4 nitrogen and oxygen atoms in total. The van der Waals surface area contributed by atoms with Gasteiger partial charge in [0.2, 0.25) is 0 Å². The summed E-state index contributed by atoms with van der Waals surface area (Å²) in [4.78, 5) is 16.2. The molecule has 3 rings (SSSR count). The Labute approximate surface area is 124 Å². The van der Waals surface area contributed by atoms with Gasteiger partial charge in [0.25, 0.3) is 5.56 Å². The molecule has 0 amide bonds. The van der Waals surface area contributed by atoms with Crippen LogP contribution in [0.3, 0.4) is 0 Å². The normalized spacial score (nSPS) is 10.8. The van der Waals surface area contributed by atoms with Crippen LogP contribution in [0.1, 0.15) is 0 Å². The number of para-hydroxylation sites is 1. The lowest BCUT2D eigenvalue weighted by atomic mass is 10.3. The highest BCUT2D eigenvalue weighted by molar-refractivity contribution is 7.71. The van der Waals surface area contributed by atoms with Crippen LogP contribution in [0, 0.1) is 4.77 Å². The van der Waals surface area contributed by atoms with Crippen LogP contribution in [0.2, 0.25) is 0 Å². The standard InChI is InChI=1S/C14H12N2O2S2/c17-13-11-6-9-20-12(11)15-14(19)16(13)7-8-18-10-4-2-1-3-5-10/h1-6,9H,7-8H2,(H,15,19). The van der Waals surface area contributed by atoms with Gasteiger partial charge in [0, 0.05) is 0 Å². The second-order valence-electron chi connectivity index (χ2n) is 4.21. The molecule has 0 unspecified atom stereocenters. The van der Waals surface area contributed by atoms with E-state index in [1.165, 1.54) is 15.9 Å². The van der Waals surface area contributed by atoms with Gasteiger partial charge in [0.05, 0.1) is 11.9 Å². The van der Waals surface area contributed by atoms with E-state index in [1.54, 1.807) is 0 Å². The number of aromatic amines is 1. The van der Waals surface area contributed by atoms with Gasteiger partial charge in [0.15, 0.2) is 4.77 Å². The zero-order valence-electron chi connectivity index (χ0n) is 10.5. The molecule has 0 atom stereocenters. The first-order valence-electron chi connectivity index (χ1n) is 6.14. The number of rotatable bonds is 4. The van der Waals surface area contributed by atoms with Gasteiger partial charge in [-0.15, -0.1) is 11.3 Å². The number of nitrogens with zero attached hydrogens (tertiary/aromatic N) is 1. The monoisotopic (exact) mass is 304 g/mol. The summed E-state index contributed by atoms with van der Waals surface area (Å²) in [5, 5.41) is 2.55. The van der Waals surface area contributed by atoms with Gasteiger partial charge >= 0.3 is 0 Å². The molecule has 0 aliphatic rings. The average Bonchev–Trinajstić information content (AvgIpc) is 2.92. The van der Waals surface area contributed by atoms with Gasteiger partial charge in [0.1, 0.15) is 17.2 Å². The first-order chi connectivity index (χ1) is 9.75. The molecule has 102 valence electrons. The largest absolute Gasteiger partial charge is 0.492 e. The molecule has 1 aromatic carbocycles. The third kappa shape index (κ3) is 2.52. The Hall–Kier alpha value is -1.92. The maximum atomic E-state index is 12.3. The molecular weight excluding hydrogens is 292 g/mol. The number of nitrogens with one attached hydrogen (secondary N) is 1. The fourth-order valence-electron chi connectivity index (χ4n) is 1.95. The maximum absolute atomic E-state index is 12.3. The molecule has 0 saturated heterocycles. The molecule has 0 radical (unpaired) electrons. The van der Waals surface area contributed by atoms with Crippen LogP contribution in [0.25, 0.3) is 10.2 Å². The quantitative estimate of drug-likeness (QED) is 0.753. The second kappa shape index (κ2) is 5.60. The van der Waals surface area contributed by atoms with E-state index in [9.17, 15) is 4.79 Å². The third-order valence-electron chi connectivity index (χ3n) is 2.93. The summed E-state index contributed by atoms with van der Waals surface area (Å²) in [6, 6.07) is 11.3. The molecule has 2 aromatic heterocycles. The lowest BCUT2D eigenvalue weighted by molar-refractivity contribution is 0.295. The van der Waals surface area contributed by atoms with E-state index < -0.39 is 0 Å². The molecule has 20 heavy (non-hydrogen) atoms. The van der Waals surface area contributed by atoms with Gasteiger partial charge < -0.3 is 9.72 Å². The van der Waals surface area contributed by atoms with E-state index in [0.29, 0.717) is 23.3 Å². The molecule has 6 heteroatoms. The van der Waals surface area contributed by atoms with Crippen molar-refractivity contribution in [2.45, 2.75) is 6.54 Å². The number of ether oxygens (including phenoxy) is 1. The fraction of sp³-hybridized carbons (Fsp3) is 0.143. The van der Waals surface area contributed by atoms with Crippen molar-refractivity contribution in [2.75, 3.05) is 6.61 Å². The van der Waals surface area contributed by atoms with Crippen LogP contribution < -0.4 is 10.3 Å². The fourth-order valence-corrected chi connectivity index (χ4v) is 3.07. The van der Waals surface area contributed by atoms with E-state index in [1.807, 2.05) is 41.8 Å². The van der Waals surface area contributed by atoms with Crippen molar-refractivity contribution in [3.05, 3.63) is 56.9 Å². The van der Waals surface area contributed by atoms with Crippen molar-refractivity contribution in [1.29, 1.82) is 0 Å². The summed E-state index contributed by atoms with van der Waals surface area (Å²) in [6.07, 6.45) is 0. The number of thiophene rings is 1. The van der Waals surface area contributed by atoms with Crippen LogP contribution in [-0.2, 0) is 6.54 Å². The molecule has 0 bridgehead atoms. The Morgan fingerprint density at radius 1 is 1.25 bits per heavy atom. The highest BCUT2D eigenvalue weighted by Crippen LogP contribution is 2.14. The van der Waals surface area contributed by atoms with Crippen LogP contribution in [-0.4, -0.2) is 16.2 Å². The average molecular weight is 304 g/mol. The molecule has 0 fully saturated rings. The first-order valence-corrected chi connectivity index (χ1v) is 7.42. The Balaban J connectivity index is 1.81. The van der Waals surface area contributed by atoms with E-state index in [-0.39, 0.29) is 5.56 Å². The summed E-state index contributed by atoms with van der Waals surface area (Å²) in [5.41, 5.74) is -0.0679. The van der Waals surface area contributed by atoms with Crippen molar-refractivity contribution in [3.8, 4) is 5.75 Å². The van der Waals surface area contributed by atoms with Gasteiger partial charge in [-0.1, -0.05) is 18.2 Å². The van der Waals surface area contributed by atoms with E-state index in [2.05, 4.69) is 4.98 Å². The topological polar surface area (TPSA) is 47.0 Å². The first kappa shape index (κ1) is 13.1. The maximum Gasteiger partial charge on any atom is 0.263 e. The molecule has 2 heterocycles. The van der Waals surface area contributed by atoms with Crippen molar-refractivity contribution >= 4 is 33.8 Å². The predicted octanol–water partition coefficient (Wildman–Crippen LogP) is 3.20. The summed E-state index contributed by atoms with van der Waals surface area (Å²) < 4.78 is 7.56. The smallest absolute Gasteiger partial charge is 0.263 e. The Bertz CT molecular complexity index is 833. The third-order valence-corrected chi connectivity index (χ3v) is 4.09. The lowest BCUT2D eigenvalue weighted by Crippen LogP contribution is -2.24. The number of benzene rings is 1. The number of fused-ring (bicyclic) bond motifs is 1. The molecule has 0 aliphatic carbocycles. The molecule has 0 aliphatic heterocycles. The zero-order valence-corrected chi connectivity index (χ0v) is 12.2. The molecular formula is C14H12N2O2S2. The minimum absolute atomic E-state index is 0.0679. The summed E-state index contributed by atoms with van der Waals surface area (Å²) >= 11 is 6.70. The van der Waals surface area contributed by atoms with Crippen LogP contribution in [0.5, 0.6) is 5.75 Å². The molecule has 1 N–H and O–H groups in total. The summed E-state index contributed by atoms with van der Waals surface area (Å²) in [6.45, 7) is 0.825. The van der Waals surface area contributed by atoms with Gasteiger partial charge in [-0.05, 0) is 35.8 Å². The van der Waals surface area contributed by atoms with Crippen molar-refractivity contribution in [1.82, 2.24) is 9.55 Å². The Morgan fingerprint density at radius 2 is 2.05 bits per heavy atom. The zero-order chi connectivity index (χ0) is 13.9. The highest BCUT2D eigenvalue weighted by atomic mass is 32.1. The van der Waals surface area contributed by atoms with Crippen molar-refractivity contribution in [2.24, 2.45) is 0 Å². The SMILES string of the molecule is O=c1c2ccsc2[nH]c(=S)n1CCOc1ccccc1. The number of hydrogen-bond acceptors (Lipinski definition) is 4. The second-order valence-corrected chi connectivity index (χ2v) is 5.51. The number of aromatic nitrogens is 2. The van der Waals surface area contributed by atoms with E-state index in [4.69, 9.17) is 17.0 Å². The van der Waals surface area contributed by atoms with Crippen LogP contribution in [0.4, 0.5) is 0 Å². The molecule has 0 spiro atoms. The minimum Gasteiger partial charge on any atom is -0.492 e. The van der Waals surface area contributed by atoms with Gasteiger partial charge in [-0.3, -0.25) is 9.36 Å². The highest BCUT2D eigenvalue weighted by Gasteiger charge is 2.06. The van der Waals surface area contributed by atoms with E-state index >= 15 is 0 Å². The van der Waals surface area contributed by atoms with Gasteiger partial charge in [-0.25, -0.2) is 0 Å². The van der Waals surface area contributed by atoms with Crippen LogP contribution in [0.15, 0.2) is 46.6 Å². The summed E-state index contributed by atoms with van der Waals surface area (Å²) in [7, 11) is 0. The molecule has 0 saturated carbocycles. The Morgan fingerprint density at radius 3 is 2.85 bits per heavy atom. The van der Waals surface area contributed by atoms with Crippen molar-refractivity contribution in [3.63, 3.8) is 0 Å².